The molecule has 0 saturated carbocycles. The van der Waals surface area contributed by atoms with Gasteiger partial charge in [0.15, 0.2) is 0 Å². The van der Waals surface area contributed by atoms with Crippen molar-refractivity contribution in [2.24, 2.45) is 0 Å². The predicted molar refractivity (Wildman–Crippen MR) is 81.6 cm³/mol. The minimum atomic E-state index is -0.190. The summed E-state index contributed by atoms with van der Waals surface area (Å²) in [6.07, 6.45) is 1.68. The van der Waals surface area contributed by atoms with Gasteiger partial charge in [0.1, 0.15) is 0 Å². The topological polar surface area (TPSA) is 53.2 Å². The largest absolute Gasteiger partial charge is 0.348 e. The first-order valence-electron chi connectivity index (χ1n) is 7.29. The Kier molecular flexibility index (Phi) is 4.78. The summed E-state index contributed by atoms with van der Waals surface area (Å²) in [7, 11) is 1.84. The van der Waals surface area contributed by atoms with E-state index in [9.17, 15) is 4.79 Å². The number of rotatable bonds is 5. The number of hydrogen-bond acceptors (Lipinski definition) is 3. The standard InChI is InChI=1S/C16H25N3O/c1-12-10-16(2,11-18-12)19-15(20)14(17-3)9-13-7-5-4-6-8-13/h4-8,12,14,17-18H,9-11H2,1-3H3,(H,19,20). The molecule has 1 aliphatic rings. The molecule has 110 valence electrons. The fourth-order valence-corrected chi connectivity index (χ4v) is 2.88. The first-order valence-corrected chi connectivity index (χ1v) is 7.29. The summed E-state index contributed by atoms with van der Waals surface area (Å²) in [5.41, 5.74) is 1.03. The maximum Gasteiger partial charge on any atom is 0.237 e. The van der Waals surface area contributed by atoms with E-state index in [0.29, 0.717) is 12.5 Å². The molecule has 1 amide bonds. The van der Waals surface area contributed by atoms with E-state index in [1.165, 1.54) is 5.56 Å². The summed E-state index contributed by atoms with van der Waals surface area (Å²) in [6, 6.07) is 10.4. The van der Waals surface area contributed by atoms with Crippen LogP contribution in [-0.2, 0) is 11.2 Å². The molecular weight excluding hydrogens is 250 g/mol. The minimum Gasteiger partial charge on any atom is -0.348 e. The highest BCUT2D eigenvalue weighted by Gasteiger charge is 2.35. The van der Waals surface area contributed by atoms with Gasteiger partial charge in [0.2, 0.25) is 5.91 Å². The maximum atomic E-state index is 12.4. The number of nitrogens with one attached hydrogen (secondary N) is 3. The molecule has 4 heteroatoms. The van der Waals surface area contributed by atoms with E-state index < -0.39 is 0 Å². The smallest absolute Gasteiger partial charge is 0.237 e. The molecule has 0 bridgehead atoms. The van der Waals surface area contributed by atoms with E-state index in [0.717, 1.165) is 13.0 Å². The van der Waals surface area contributed by atoms with Gasteiger partial charge in [-0.25, -0.2) is 0 Å². The second-order valence-corrected chi connectivity index (χ2v) is 6.07. The Morgan fingerprint density at radius 1 is 1.45 bits per heavy atom. The van der Waals surface area contributed by atoms with Gasteiger partial charge in [0.05, 0.1) is 11.6 Å². The zero-order valence-electron chi connectivity index (χ0n) is 12.6. The van der Waals surface area contributed by atoms with Crippen molar-refractivity contribution in [3.05, 3.63) is 35.9 Å². The molecule has 1 saturated heterocycles. The second kappa shape index (κ2) is 6.37. The van der Waals surface area contributed by atoms with Crippen molar-refractivity contribution in [3.63, 3.8) is 0 Å². The maximum absolute atomic E-state index is 12.4. The Morgan fingerprint density at radius 3 is 2.70 bits per heavy atom. The molecule has 20 heavy (non-hydrogen) atoms. The molecule has 3 atom stereocenters. The molecule has 4 nitrogen and oxygen atoms in total. The van der Waals surface area contributed by atoms with Crippen molar-refractivity contribution in [1.82, 2.24) is 16.0 Å². The molecule has 1 aromatic carbocycles. The molecule has 2 rings (SSSR count). The number of hydrogen-bond donors (Lipinski definition) is 3. The van der Waals surface area contributed by atoms with Crippen LogP contribution in [-0.4, -0.2) is 37.1 Å². The molecule has 1 heterocycles. The van der Waals surface area contributed by atoms with Crippen molar-refractivity contribution < 1.29 is 4.79 Å². The molecule has 0 radical (unpaired) electrons. The van der Waals surface area contributed by atoms with Gasteiger partial charge >= 0.3 is 0 Å². The number of benzene rings is 1. The van der Waals surface area contributed by atoms with Crippen molar-refractivity contribution in [2.75, 3.05) is 13.6 Å². The van der Waals surface area contributed by atoms with Crippen LogP contribution in [0, 0.1) is 0 Å². The third kappa shape index (κ3) is 3.81. The van der Waals surface area contributed by atoms with Gasteiger partial charge in [-0.2, -0.15) is 0 Å². The molecule has 1 fully saturated rings. The zero-order valence-corrected chi connectivity index (χ0v) is 12.6. The average molecular weight is 275 g/mol. The van der Waals surface area contributed by atoms with Crippen LogP contribution >= 0.6 is 0 Å². The highest BCUT2D eigenvalue weighted by Crippen LogP contribution is 2.18. The van der Waals surface area contributed by atoms with Gasteiger partial charge in [-0.15, -0.1) is 0 Å². The monoisotopic (exact) mass is 275 g/mol. The first kappa shape index (κ1) is 15.0. The van der Waals surface area contributed by atoms with Gasteiger partial charge in [0, 0.05) is 12.6 Å². The van der Waals surface area contributed by atoms with Crippen LogP contribution in [0.25, 0.3) is 0 Å². The van der Waals surface area contributed by atoms with E-state index in [4.69, 9.17) is 0 Å². The van der Waals surface area contributed by atoms with E-state index in [1.54, 1.807) is 0 Å². The van der Waals surface area contributed by atoms with E-state index in [-0.39, 0.29) is 17.5 Å². The number of carbonyl (C=O) groups is 1. The predicted octanol–water partition coefficient (Wildman–Crippen LogP) is 1.07. The first-order chi connectivity index (χ1) is 9.52. The molecule has 0 aliphatic carbocycles. The SMILES string of the molecule is CNC(Cc1ccccc1)C(=O)NC1(C)CNC(C)C1. The second-order valence-electron chi connectivity index (χ2n) is 6.07. The van der Waals surface area contributed by atoms with Gasteiger partial charge < -0.3 is 16.0 Å². The van der Waals surface area contributed by atoms with Crippen LogP contribution < -0.4 is 16.0 Å². The fourth-order valence-electron chi connectivity index (χ4n) is 2.88. The van der Waals surface area contributed by atoms with Crippen LogP contribution in [0.15, 0.2) is 30.3 Å². The highest BCUT2D eigenvalue weighted by molar-refractivity contribution is 5.82. The molecule has 1 aliphatic heterocycles. The minimum absolute atomic E-state index is 0.0785. The third-order valence-electron chi connectivity index (χ3n) is 3.97. The van der Waals surface area contributed by atoms with E-state index in [1.807, 2.05) is 25.2 Å². The number of likely N-dealkylation sites (N-methyl/N-ethyl adjacent to an activating group) is 1. The van der Waals surface area contributed by atoms with Gasteiger partial charge in [0.25, 0.3) is 0 Å². The average Bonchev–Trinajstić information content (AvgIpc) is 2.76. The lowest BCUT2D eigenvalue weighted by Crippen LogP contribution is -2.54. The molecule has 3 N–H and O–H groups in total. The quantitative estimate of drug-likeness (QED) is 0.753. The van der Waals surface area contributed by atoms with E-state index >= 15 is 0 Å². The Morgan fingerprint density at radius 2 is 2.15 bits per heavy atom. The van der Waals surface area contributed by atoms with Crippen molar-refractivity contribution in [3.8, 4) is 0 Å². The van der Waals surface area contributed by atoms with E-state index in [2.05, 4.69) is 41.9 Å². The van der Waals surface area contributed by atoms with Crippen LogP contribution in [0.4, 0.5) is 0 Å². The fraction of sp³-hybridized carbons (Fsp3) is 0.562. The lowest BCUT2D eigenvalue weighted by atomic mass is 9.97. The normalized spacial score (nSPS) is 27.2. The summed E-state index contributed by atoms with van der Waals surface area (Å²) in [6.45, 7) is 5.09. The molecule has 3 unspecified atom stereocenters. The van der Waals surface area contributed by atoms with Gasteiger partial charge in [-0.3, -0.25) is 4.79 Å². The Hall–Kier alpha value is -1.39. The Balaban J connectivity index is 1.95. The summed E-state index contributed by atoms with van der Waals surface area (Å²) < 4.78 is 0. The summed E-state index contributed by atoms with van der Waals surface area (Å²) in [4.78, 5) is 12.4. The summed E-state index contributed by atoms with van der Waals surface area (Å²) in [5.74, 6) is 0.0785. The lowest BCUT2D eigenvalue weighted by molar-refractivity contribution is -0.124. The summed E-state index contributed by atoms with van der Waals surface area (Å²) in [5, 5.41) is 9.70. The molecule has 1 aromatic rings. The Bertz CT molecular complexity index is 448. The van der Waals surface area contributed by atoms with Crippen LogP contribution in [0.2, 0.25) is 0 Å². The van der Waals surface area contributed by atoms with Crippen LogP contribution in [0.5, 0.6) is 0 Å². The van der Waals surface area contributed by atoms with Crippen molar-refractivity contribution >= 4 is 5.91 Å². The highest BCUT2D eigenvalue weighted by atomic mass is 16.2. The van der Waals surface area contributed by atoms with Crippen LogP contribution in [0.3, 0.4) is 0 Å². The lowest BCUT2D eigenvalue weighted by Gasteiger charge is -2.27. The molecule has 0 spiro atoms. The zero-order chi connectivity index (χ0) is 14.6. The third-order valence-corrected chi connectivity index (χ3v) is 3.97. The Labute approximate surface area is 121 Å². The molecular formula is C16H25N3O. The van der Waals surface area contributed by atoms with Crippen LogP contribution in [0.1, 0.15) is 25.8 Å². The summed E-state index contributed by atoms with van der Waals surface area (Å²) >= 11 is 0. The number of carbonyl (C=O) groups excluding carboxylic acids is 1. The van der Waals surface area contributed by atoms with Crippen molar-refractivity contribution in [1.29, 1.82) is 0 Å². The van der Waals surface area contributed by atoms with Gasteiger partial charge in [-0.05, 0) is 39.3 Å². The number of amides is 1. The van der Waals surface area contributed by atoms with Crippen molar-refractivity contribution in [2.45, 2.75) is 44.3 Å². The molecule has 0 aromatic heterocycles. The van der Waals surface area contributed by atoms with Gasteiger partial charge in [-0.1, -0.05) is 30.3 Å².